The Hall–Kier alpha value is -3.02. The number of benzene rings is 2. The Morgan fingerprint density at radius 1 is 1.04 bits per heavy atom. The van der Waals surface area contributed by atoms with E-state index >= 15 is 0 Å². The number of ether oxygens (including phenoxy) is 3. The number of rotatable bonds is 7. The first kappa shape index (κ1) is 16.4. The van der Waals surface area contributed by atoms with Crippen LogP contribution in [0.2, 0.25) is 0 Å². The van der Waals surface area contributed by atoms with Gasteiger partial charge in [0, 0.05) is 5.56 Å². The number of nitrogens with one attached hydrogen (secondary N) is 1. The van der Waals surface area contributed by atoms with Crippen LogP contribution in [0.3, 0.4) is 0 Å². The van der Waals surface area contributed by atoms with E-state index in [2.05, 4.69) is 5.32 Å². The molecule has 2 aromatic carbocycles. The van der Waals surface area contributed by atoms with E-state index in [4.69, 9.17) is 14.2 Å². The molecule has 0 fully saturated rings. The van der Waals surface area contributed by atoms with Crippen molar-refractivity contribution >= 4 is 17.9 Å². The molecule has 0 heterocycles. The molecule has 6 nitrogen and oxygen atoms in total. The summed E-state index contributed by atoms with van der Waals surface area (Å²) < 4.78 is 15.7. The number of hydrogen-bond donors (Lipinski definition) is 1. The largest absolute Gasteiger partial charge is 0.495 e. The van der Waals surface area contributed by atoms with Crippen LogP contribution in [0.15, 0.2) is 42.5 Å². The molecule has 2 aromatic rings. The third-order valence-corrected chi connectivity index (χ3v) is 3.06. The van der Waals surface area contributed by atoms with E-state index in [1.54, 1.807) is 36.4 Å². The summed E-state index contributed by atoms with van der Waals surface area (Å²) in [6, 6.07) is 11.8. The first-order chi connectivity index (χ1) is 11.2. The second-order valence-corrected chi connectivity index (χ2v) is 4.57. The van der Waals surface area contributed by atoms with Gasteiger partial charge in [-0.15, -0.1) is 0 Å². The van der Waals surface area contributed by atoms with Crippen LogP contribution in [-0.2, 0) is 4.79 Å². The number of hydrogen-bond acceptors (Lipinski definition) is 5. The fourth-order valence-corrected chi connectivity index (χ4v) is 1.96. The van der Waals surface area contributed by atoms with Gasteiger partial charge in [0.05, 0.1) is 19.9 Å². The number of carbonyl (C=O) groups is 2. The van der Waals surface area contributed by atoms with Gasteiger partial charge in [-0.3, -0.25) is 9.59 Å². The molecule has 1 amide bonds. The molecule has 1 N–H and O–H groups in total. The summed E-state index contributed by atoms with van der Waals surface area (Å²) in [5.41, 5.74) is 0.989. The minimum Gasteiger partial charge on any atom is -0.495 e. The van der Waals surface area contributed by atoms with E-state index < -0.39 is 0 Å². The third kappa shape index (κ3) is 4.23. The number of aldehydes is 1. The standard InChI is InChI=1S/C17H17NO5/c1-21-14-6-4-3-5-13(14)18-17(20)11-23-16-9-12(10-19)7-8-15(16)22-2/h3-10H,11H2,1-2H3,(H,18,20). The van der Waals surface area contributed by atoms with E-state index in [1.165, 1.54) is 20.3 Å². The molecule has 2 rings (SSSR count). The van der Waals surface area contributed by atoms with Gasteiger partial charge in [0.25, 0.3) is 5.91 Å². The fraction of sp³-hybridized carbons (Fsp3) is 0.176. The van der Waals surface area contributed by atoms with Crippen molar-refractivity contribution in [3.8, 4) is 17.2 Å². The topological polar surface area (TPSA) is 73.9 Å². The minimum atomic E-state index is -0.354. The van der Waals surface area contributed by atoms with Crippen LogP contribution in [0.25, 0.3) is 0 Å². The van der Waals surface area contributed by atoms with E-state index in [0.717, 1.165) is 0 Å². The SMILES string of the molecule is COc1ccccc1NC(=O)COc1cc(C=O)ccc1OC. The maximum atomic E-state index is 12.0. The van der Waals surface area contributed by atoms with E-state index in [-0.39, 0.29) is 12.5 Å². The Morgan fingerprint density at radius 2 is 1.78 bits per heavy atom. The molecular weight excluding hydrogens is 298 g/mol. The lowest BCUT2D eigenvalue weighted by atomic mass is 10.2. The quantitative estimate of drug-likeness (QED) is 0.795. The summed E-state index contributed by atoms with van der Waals surface area (Å²) in [6.45, 7) is -0.225. The number of para-hydroxylation sites is 2. The van der Waals surface area contributed by atoms with Crippen molar-refractivity contribution in [1.29, 1.82) is 0 Å². The van der Waals surface area contributed by atoms with Gasteiger partial charge in [-0.1, -0.05) is 12.1 Å². The van der Waals surface area contributed by atoms with Crippen molar-refractivity contribution in [2.45, 2.75) is 0 Å². The van der Waals surface area contributed by atoms with Gasteiger partial charge in [-0.25, -0.2) is 0 Å². The maximum Gasteiger partial charge on any atom is 0.262 e. The van der Waals surface area contributed by atoms with Crippen LogP contribution in [0.1, 0.15) is 10.4 Å². The Labute approximate surface area is 134 Å². The summed E-state index contributed by atoms with van der Waals surface area (Å²) >= 11 is 0. The molecule has 0 aliphatic heterocycles. The number of amides is 1. The predicted molar refractivity (Wildman–Crippen MR) is 85.5 cm³/mol. The average Bonchev–Trinajstić information content (AvgIpc) is 2.60. The minimum absolute atomic E-state index is 0.225. The van der Waals surface area contributed by atoms with Crippen molar-refractivity contribution in [2.75, 3.05) is 26.1 Å². The van der Waals surface area contributed by atoms with Gasteiger partial charge in [0.2, 0.25) is 0 Å². The summed E-state index contributed by atoms with van der Waals surface area (Å²) in [4.78, 5) is 22.8. The highest BCUT2D eigenvalue weighted by molar-refractivity contribution is 5.93. The molecule has 0 saturated heterocycles. The molecule has 23 heavy (non-hydrogen) atoms. The highest BCUT2D eigenvalue weighted by Crippen LogP contribution is 2.28. The van der Waals surface area contributed by atoms with E-state index in [0.29, 0.717) is 34.8 Å². The van der Waals surface area contributed by atoms with Crippen LogP contribution in [0, 0.1) is 0 Å². The van der Waals surface area contributed by atoms with E-state index in [9.17, 15) is 9.59 Å². The van der Waals surface area contributed by atoms with Crippen LogP contribution in [0.5, 0.6) is 17.2 Å². The van der Waals surface area contributed by atoms with Gasteiger partial charge in [0.15, 0.2) is 18.1 Å². The van der Waals surface area contributed by atoms with Crippen molar-refractivity contribution in [2.24, 2.45) is 0 Å². The molecular formula is C17H17NO5. The van der Waals surface area contributed by atoms with Crippen LogP contribution in [-0.4, -0.2) is 33.0 Å². The highest BCUT2D eigenvalue weighted by Gasteiger charge is 2.10. The van der Waals surface area contributed by atoms with Crippen LogP contribution >= 0.6 is 0 Å². The number of anilines is 1. The normalized spacial score (nSPS) is 9.83. The van der Waals surface area contributed by atoms with Gasteiger partial charge >= 0.3 is 0 Å². The highest BCUT2D eigenvalue weighted by atomic mass is 16.5. The molecule has 0 radical (unpaired) electrons. The lowest BCUT2D eigenvalue weighted by molar-refractivity contribution is -0.118. The van der Waals surface area contributed by atoms with Crippen molar-refractivity contribution < 1.29 is 23.8 Å². The smallest absolute Gasteiger partial charge is 0.262 e. The van der Waals surface area contributed by atoms with Gasteiger partial charge in [-0.05, 0) is 30.3 Å². The molecule has 0 saturated carbocycles. The van der Waals surface area contributed by atoms with Crippen LogP contribution in [0.4, 0.5) is 5.69 Å². The zero-order valence-electron chi connectivity index (χ0n) is 12.9. The molecule has 0 aliphatic rings. The molecule has 0 aliphatic carbocycles. The zero-order valence-corrected chi connectivity index (χ0v) is 12.9. The molecule has 120 valence electrons. The number of carbonyl (C=O) groups excluding carboxylic acids is 2. The number of methoxy groups -OCH3 is 2. The van der Waals surface area contributed by atoms with Gasteiger partial charge in [-0.2, -0.15) is 0 Å². The summed E-state index contributed by atoms with van der Waals surface area (Å²) in [7, 11) is 3.01. The Kier molecular flexibility index (Phi) is 5.57. The average molecular weight is 315 g/mol. The van der Waals surface area contributed by atoms with E-state index in [1.807, 2.05) is 0 Å². The Bertz CT molecular complexity index is 699. The van der Waals surface area contributed by atoms with Crippen molar-refractivity contribution in [3.05, 3.63) is 48.0 Å². The van der Waals surface area contributed by atoms with Gasteiger partial charge in [0.1, 0.15) is 12.0 Å². The molecule has 0 aromatic heterocycles. The Balaban J connectivity index is 2.03. The maximum absolute atomic E-state index is 12.0. The lowest BCUT2D eigenvalue weighted by Gasteiger charge is -2.12. The second-order valence-electron chi connectivity index (χ2n) is 4.57. The molecule has 0 bridgehead atoms. The molecule has 6 heteroatoms. The third-order valence-electron chi connectivity index (χ3n) is 3.06. The zero-order chi connectivity index (χ0) is 16.7. The predicted octanol–water partition coefficient (Wildman–Crippen LogP) is 2.53. The Morgan fingerprint density at radius 3 is 2.48 bits per heavy atom. The van der Waals surface area contributed by atoms with Crippen molar-refractivity contribution in [1.82, 2.24) is 0 Å². The summed E-state index contributed by atoms with van der Waals surface area (Å²) in [5.74, 6) is 0.974. The first-order valence-electron chi connectivity index (χ1n) is 6.86. The van der Waals surface area contributed by atoms with Crippen LogP contribution < -0.4 is 19.5 Å². The molecule has 0 atom stereocenters. The second kappa shape index (κ2) is 7.84. The fourth-order valence-electron chi connectivity index (χ4n) is 1.96. The lowest BCUT2D eigenvalue weighted by Crippen LogP contribution is -2.20. The molecule has 0 spiro atoms. The van der Waals surface area contributed by atoms with Gasteiger partial charge < -0.3 is 19.5 Å². The summed E-state index contributed by atoms with van der Waals surface area (Å²) in [6.07, 6.45) is 0.696. The van der Waals surface area contributed by atoms with Crippen molar-refractivity contribution in [3.63, 3.8) is 0 Å². The summed E-state index contributed by atoms with van der Waals surface area (Å²) in [5, 5.41) is 2.70. The molecule has 0 unspecified atom stereocenters. The monoisotopic (exact) mass is 315 g/mol. The first-order valence-corrected chi connectivity index (χ1v) is 6.86.